The van der Waals surface area contributed by atoms with E-state index in [2.05, 4.69) is 48.5 Å². The van der Waals surface area contributed by atoms with E-state index in [1.54, 1.807) is 6.08 Å². The van der Waals surface area contributed by atoms with Gasteiger partial charge in [0.15, 0.2) is 0 Å². The normalized spacial score (nSPS) is 12.1. The van der Waals surface area contributed by atoms with Crippen LogP contribution in [0.15, 0.2) is 54.4 Å². The Kier molecular flexibility index (Phi) is 5.84. The molecule has 1 unspecified atom stereocenters. The summed E-state index contributed by atoms with van der Waals surface area (Å²) in [5.74, 6) is 0.888. The van der Waals surface area contributed by atoms with Gasteiger partial charge >= 0.3 is 0 Å². The molecule has 3 heteroatoms. The van der Waals surface area contributed by atoms with Crippen molar-refractivity contribution in [2.75, 3.05) is 6.61 Å². The zero-order valence-corrected chi connectivity index (χ0v) is 12.7. The van der Waals surface area contributed by atoms with Gasteiger partial charge in [0.25, 0.3) is 0 Å². The van der Waals surface area contributed by atoms with Crippen LogP contribution in [0.4, 0.5) is 0 Å². The molecular formula is C17H21NOS. The number of hydrogen-bond acceptors (Lipinski definition) is 3. The summed E-state index contributed by atoms with van der Waals surface area (Å²) in [6, 6.07) is 13.0. The SMILES string of the molecule is C=CCOc1ccc(CNC(CC)c2cccs2)cc1. The Morgan fingerprint density at radius 3 is 2.70 bits per heavy atom. The number of benzene rings is 1. The van der Waals surface area contributed by atoms with Crippen LogP contribution in [-0.4, -0.2) is 6.61 Å². The first-order valence-electron chi connectivity index (χ1n) is 6.93. The minimum atomic E-state index is 0.437. The molecule has 0 saturated carbocycles. The Morgan fingerprint density at radius 1 is 1.30 bits per heavy atom. The molecule has 0 fully saturated rings. The zero-order chi connectivity index (χ0) is 14.2. The van der Waals surface area contributed by atoms with E-state index in [1.807, 2.05) is 23.5 Å². The molecule has 0 radical (unpaired) electrons. The lowest BCUT2D eigenvalue weighted by atomic mass is 10.1. The fourth-order valence-corrected chi connectivity index (χ4v) is 2.92. The van der Waals surface area contributed by atoms with Crippen molar-refractivity contribution in [2.45, 2.75) is 25.9 Å². The highest BCUT2D eigenvalue weighted by Gasteiger charge is 2.09. The summed E-state index contributed by atoms with van der Waals surface area (Å²) in [5.41, 5.74) is 1.27. The Hall–Kier alpha value is -1.58. The van der Waals surface area contributed by atoms with Gasteiger partial charge in [0, 0.05) is 17.5 Å². The van der Waals surface area contributed by atoms with Crippen molar-refractivity contribution in [1.82, 2.24) is 5.32 Å². The summed E-state index contributed by atoms with van der Waals surface area (Å²) < 4.78 is 5.48. The summed E-state index contributed by atoms with van der Waals surface area (Å²) in [7, 11) is 0. The molecule has 2 aromatic rings. The molecular weight excluding hydrogens is 266 g/mol. The Morgan fingerprint density at radius 2 is 2.10 bits per heavy atom. The van der Waals surface area contributed by atoms with Crippen LogP contribution in [0.25, 0.3) is 0 Å². The van der Waals surface area contributed by atoms with Crippen molar-refractivity contribution in [1.29, 1.82) is 0 Å². The maximum atomic E-state index is 5.48. The smallest absolute Gasteiger partial charge is 0.119 e. The Labute approximate surface area is 125 Å². The first-order valence-corrected chi connectivity index (χ1v) is 7.81. The van der Waals surface area contributed by atoms with E-state index in [4.69, 9.17) is 4.74 Å². The van der Waals surface area contributed by atoms with E-state index in [-0.39, 0.29) is 0 Å². The highest BCUT2D eigenvalue weighted by atomic mass is 32.1. The molecule has 0 bridgehead atoms. The minimum absolute atomic E-state index is 0.437. The molecule has 1 N–H and O–H groups in total. The fourth-order valence-electron chi connectivity index (χ4n) is 2.04. The predicted molar refractivity (Wildman–Crippen MR) is 86.3 cm³/mol. The van der Waals surface area contributed by atoms with Crippen molar-refractivity contribution in [3.05, 3.63) is 64.9 Å². The van der Waals surface area contributed by atoms with Gasteiger partial charge in [-0.05, 0) is 35.6 Å². The van der Waals surface area contributed by atoms with Gasteiger partial charge in [0.05, 0.1) is 0 Å². The quantitative estimate of drug-likeness (QED) is 0.719. The second-order valence-electron chi connectivity index (χ2n) is 4.60. The Bertz CT molecular complexity index is 504. The topological polar surface area (TPSA) is 21.3 Å². The molecule has 1 heterocycles. The maximum absolute atomic E-state index is 5.48. The van der Waals surface area contributed by atoms with Gasteiger partial charge in [0.2, 0.25) is 0 Å². The van der Waals surface area contributed by atoms with Gasteiger partial charge < -0.3 is 10.1 Å². The van der Waals surface area contributed by atoms with Gasteiger partial charge in [-0.15, -0.1) is 11.3 Å². The van der Waals surface area contributed by atoms with Crippen molar-refractivity contribution in [3.63, 3.8) is 0 Å². The van der Waals surface area contributed by atoms with Crippen molar-refractivity contribution < 1.29 is 4.74 Å². The third-order valence-corrected chi connectivity index (χ3v) is 4.12. The highest BCUT2D eigenvalue weighted by Crippen LogP contribution is 2.22. The van der Waals surface area contributed by atoms with Gasteiger partial charge in [-0.1, -0.05) is 37.8 Å². The molecule has 0 aliphatic carbocycles. The first kappa shape index (κ1) is 14.8. The Balaban J connectivity index is 1.88. The standard InChI is InChI=1S/C17H21NOS/c1-3-11-19-15-9-7-14(8-10-15)13-18-16(4-2)17-6-5-12-20-17/h3,5-10,12,16,18H,1,4,11,13H2,2H3. The van der Waals surface area contributed by atoms with Gasteiger partial charge in [0.1, 0.15) is 12.4 Å². The van der Waals surface area contributed by atoms with Crippen LogP contribution in [0.3, 0.4) is 0 Å². The fraction of sp³-hybridized carbons (Fsp3) is 0.294. The number of nitrogens with one attached hydrogen (secondary N) is 1. The number of ether oxygens (including phenoxy) is 1. The van der Waals surface area contributed by atoms with Crippen LogP contribution >= 0.6 is 11.3 Å². The van der Waals surface area contributed by atoms with Gasteiger partial charge in [-0.25, -0.2) is 0 Å². The summed E-state index contributed by atoms with van der Waals surface area (Å²) in [5, 5.41) is 5.73. The molecule has 0 saturated heterocycles. The summed E-state index contributed by atoms with van der Waals surface area (Å²) in [6.45, 7) is 7.28. The molecule has 0 aliphatic rings. The van der Waals surface area contributed by atoms with Crippen molar-refractivity contribution in [2.24, 2.45) is 0 Å². The monoisotopic (exact) mass is 287 g/mol. The molecule has 106 valence electrons. The number of thiophene rings is 1. The lowest BCUT2D eigenvalue weighted by molar-refractivity contribution is 0.363. The summed E-state index contributed by atoms with van der Waals surface area (Å²) in [6.07, 6.45) is 2.85. The molecule has 1 aromatic carbocycles. The average molecular weight is 287 g/mol. The van der Waals surface area contributed by atoms with Crippen LogP contribution in [-0.2, 0) is 6.54 Å². The van der Waals surface area contributed by atoms with E-state index in [0.29, 0.717) is 12.6 Å². The van der Waals surface area contributed by atoms with Crippen LogP contribution in [0.5, 0.6) is 5.75 Å². The molecule has 1 aromatic heterocycles. The van der Waals surface area contributed by atoms with Crippen LogP contribution in [0, 0.1) is 0 Å². The molecule has 0 spiro atoms. The summed E-state index contributed by atoms with van der Waals surface area (Å²) in [4.78, 5) is 1.40. The third-order valence-electron chi connectivity index (χ3n) is 3.14. The second-order valence-corrected chi connectivity index (χ2v) is 5.58. The van der Waals surface area contributed by atoms with E-state index < -0.39 is 0 Å². The maximum Gasteiger partial charge on any atom is 0.119 e. The van der Waals surface area contributed by atoms with E-state index in [9.17, 15) is 0 Å². The van der Waals surface area contributed by atoms with E-state index in [0.717, 1.165) is 18.7 Å². The molecule has 0 amide bonds. The molecule has 1 atom stereocenters. The van der Waals surface area contributed by atoms with Crippen LogP contribution < -0.4 is 10.1 Å². The summed E-state index contributed by atoms with van der Waals surface area (Å²) >= 11 is 1.81. The highest BCUT2D eigenvalue weighted by molar-refractivity contribution is 7.10. The molecule has 2 nitrogen and oxygen atoms in total. The van der Waals surface area contributed by atoms with Crippen LogP contribution in [0.1, 0.15) is 29.8 Å². The van der Waals surface area contributed by atoms with E-state index in [1.165, 1.54) is 10.4 Å². The molecule has 2 rings (SSSR count). The number of hydrogen-bond donors (Lipinski definition) is 1. The van der Waals surface area contributed by atoms with E-state index >= 15 is 0 Å². The third kappa shape index (κ3) is 4.22. The lowest BCUT2D eigenvalue weighted by Crippen LogP contribution is -2.19. The minimum Gasteiger partial charge on any atom is -0.490 e. The molecule has 20 heavy (non-hydrogen) atoms. The number of rotatable bonds is 8. The van der Waals surface area contributed by atoms with Gasteiger partial charge in [-0.2, -0.15) is 0 Å². The van der Waals surface area contributed by atoms with Crippen LogP contribution in [0.2, 0.25) is 0 Å². The first-order chi connectivity index (χ1) is 9.83. The van der Waals surface area contributed by atoms with Crippen molar-refractivity contribution >= 4 is 11.3 Å². The largest absolute Gasteiger partial charge is 0.490 e. The average Bonchev–Trinajstić information content (AvgIpc) is 3.01. The van der Waals surface area contributed by atoms with Gasteiger partial charge in [-0.3, -0.25) is 0 Å². The predicted octanol–water partition coefficient (Wildman–Crippen LogP) is 4.55. The zero-order valence-electron chi connectivity index (χ0n) is 11.8. The second kappa shape index (κ2) is 7.88. The van der Waals surface area contributed by atoms with Crippen molar-refractivity contribution in [3.8, 4) is 5.75 Å². The lowest BCUT2D eigenvalue weighted by Gasteiger charge is -2.15. The molecule has 0 aliphatic heterocycles.